The van der Waals surface area contributed by atoms with Gasteiger partial charge in [-0.05, 0) is 18.2 Å². The number of nitrogens with zero attached hydrogens (tertiary/aromatic N) is 1. The first-order valence-electron chi connectivity index (χ1n) is 5.52. The van der Waals surface area contributed by atoms with E-state index < -0.39 is 42.9 Å². The van der Waals surface area contributed by atoms with E-state index in [9.17, 15) is 27.3 Å². The Morgan fingerprint density at radius 2 is 1.71 bits per heavy atom. The van der Waals surface area contributed by atoms with E-state index in [4.69, 9.17) is 0 Å². The van der Waals surface area contributed by atoms with Gasteiger partial charge in [-0.1, -0.05) is 12.1 Å². The van der Waals surface area contributed by atoms with Crippen LogP contribution in [-0.2, 0) is 10.0 Å². The lowest BCUT2D eigenvalue weighted by molar-refractivity contribution is -0.385. The standard InChI is InChI=1S/C12H8F2N2O4S/c13-9-3-1-2-4-12(9)21(19,20)15-11-6-5-8(16(17)18)7-10(11)14/h1-7,15H. The predicted octanol–water partition coefficient (Wildman–Crippen LogP) is 2.67. The minimum atomic E-state index is -4.33. The Morgan fingerprint density at radius 3 is 2.29 bits per heavy atom. The number of nitrogens with one attached hydrogen (secondary N) is 1. The van der Waals surface area contributed by atoms with E-state index in [0.29, 0.717) is 6.07 Å². The summed E-state index contributed by atoms with van der Waals surface area (Å²) in [6, 6.07) is 6.97. The Labute approximate surface area is 118 Å². The minimum Gasteiger partial charge on any atom is -0.277 e. The Hall–Kier alpha value is -2.55. The number of nitro benzene ring substituents is 1. The first-order valence-corrected chi connectivity index (χ1v) is 7.01. The summed E-state index contributed by atoms with van der Waals surface area (Å²) < 4.78 is 52.8. The Bertz CT molecular complexity index is 809. The maximum absolute atomic E-state index is 13.6. The SMILES string of the molecule is O=[N+]([O-])c1ccc(NS(=O)(=O)c2ccccc2F)c(F)c1. The van der Waals surface area contributed by atoms with E-state index >= 15 is 0 Å². The summed E-state index contributed by atoms with van der Waals surface area (Å²) in [6.45, 7) is 0. The summed E-state index contributed by atoms with van der Waals surface area (Å²) >= 11 is 0. The molecule has 2 aromatic carbocycles. The molecule has 0 aliphatic rings. The van der Waals surface area contributed by atoms with Crippen molar-refractivity contribution in [2.75, 3.05) is 4.72 Å². The highest BCUT2D eigenvalue weighted by atomic mass is 32.2. The molecule has 0 saturated heterocycles. The van der Waals surface area contributed by atoms with Crippen LogP contribution in [0.4, 0.5) is 20.2 Å². The van der Waals surface area contributed by atoms with Gasteiger partial charge in [0.2, 0.25) is 0 Å². The molecule has 9 heteroatoms. The molecule has 0 aliphatic heterocycles. The van der Waals surface area contributed by atoms with Gasteiger partial charge in [-0.3, -0.25) is 14.8 Å². The highest BCUT2D eigenvalue weighted by Crippen LogP contribution is 2.24. The zero-order chi connectivity index (χ0) is 15.6. The second-order valence-corrected chi connectivity index (χ2v) is 5.61. The number of anilines is 1. The van der Waals surface area contributed by atoms with Crippen molar-refractivity contribution in [3.05, 3.63) is 64.2 Å². The molecule has 2 aromatic rings. The van der Waals surface area contributed by atoms with Gasteiger partial charge in [-0.25, -0.2) is 17.2 Å². The minimum absolute atomic E-state index is 0.510. The monoisotopic (exact) mass is 314 g/mol. The molecule has 0 fully saturated rings. The number of benzene rings is 2. The summed E-state index contributed by atoms with van der Waals surface area (Å²) in [4.78, 5) is 9.00. The fraction of sp³-hybridized carbons (Fsp3) is 0. The number of sulfonamides is 1. The number of halogens is 2. The van der Waals surface area contributed by atoms with Gasteiger partial charge in [-0.15, -0.1) is 0 Å². The quantitative estimate of drug-likeness (QED) is 0.694. The smallest absolute Gasteiger partial charge is 0.272 e. The van der Waals surface area contributed by atoms with Crippen LogP contribution >= 0.6 is 0 Å². The van der Waals surface area contributed by atoms with Crippen molar-refractivity contribution in [3.8, 4) is 0 Å². The molecule has 0 unspecified atom stereocenters. The van der Waals surface area contributed by atoms with Crippen molar-refractivity contribution in [2.24, 2.45) is 0 Å². The molecule has 2 rings (SSSR count). The third-order valence-electron chi connectivity index (χ3n) is 2.53. The van der Waals surface area contributed by atoms with E-state index in [2.05, 4.69) is 0 Å². The van der Waals surface area contributed by atoms with Gasteiger partial charge in [0.15, 0.2) is 5.82 Å². The van der Waals surface area contributed by atoms with Crippen LogP contribution in [0.25, 0.3) is 0 Å². The molecule has 0 heterocycles. The summed E-state index contributed by atoms with van der Waals surface area (Å²) in [6.07, 6.45) is 0. The summed E-state index contributed by atoms with van der Waals surface area (Å²) in [7, 11) is -4.33. The van der Waals surface area contributed by atoms with Crippen molar-refractivity contribution >= 4 is 21.4 Å². The molecule has 110 valence electrons. The normalized spacial score (nSPS) is 11.1. The third-order valence-corrected chi connectivity index (χ3v) is 3.93. The van der Waals surface area contributed by atoms with E-state index in [1.54, 1.807) is 0 Å². The first-order chi connectivity index (χ1) is 9.81. The van der Waals surface area contributed by atoms with Crippen LogP contribution in [0, 0.1) is 21.7 Å². The molecule has 1 N–H and O–H groups in total. The van der Waals surface area contributed by atoms with Gasteiger partial charge < -0.3 is 0 Å². The largest absolute Gasteiger partial charge is 0.277 e. The molecule has 0 atom stereocenters. The average molecular weight is 314 g/mol. The van der Waals surface area contributed by atoms with Crippen molar-refractivity contribution < 1.29 is 22.1 Å². The lowest BCUT2D eigenvalue weighted by Gasteiger charge is -2.09. The van der Waals surface area contributed by atoms with Crippen LogP contribution in [0.1, 0.15) is 0 Å². The second-order valence-electron chi connectivity index (χ2n) is 3.96. The molecule has 0 bridgehead atoms. The topological polar surface area (TPSA) is 89.3 Å². The lowest BCUT2D eigenvalue weighted by atomic mass is 10.3. The van der Waals surface area contributed by atoms with Crippen LogP contribution in [0.3, 0.4) is 0 Å². The average Bonchev–Trinajstić information content (AvgIpc) is 2.41. The molecule has 6 nitrogen and oxygen atoms in total. The van der Waals surface area contributed by atoms with E-state index in [0.717, 1.165) is 24.3 Å². The summed E-state index contributed by atoms with van der Waals surface area (Å²) in [5.74, 6) is -2.13. The van der Waals surface area contributed by atoms with Crippen LogP contribution in [0.2, 0.25) is 0 Å². The molecule has 0 spiro atoms. The Kier molecular flexibility index (Phi) is 3.85. The third kappa shape index (κ3) is 3.14. The number of nitro groups is 1. The van der Waals surface area contributed by atoms with E-state index in [1.807, 2.05) is 4.72 Å². The van der Waals surface area contributed by atoms with Crippen LogP contribution < -0.4 is 4.72 Å². The number of hydrogen-bond acceptors (Lipinski definition) is 4. The highest BCUT2D eigenvalue weighted by Gasteiger charge is 2.21. The lowest BCUT2D eigenvalue weighted by Crippen LogP contribution is -2.15. The molecule has 21 heavy (non-hydrogen) atoms. The number of rotatable bonds is 4. The number of hydrogen-bond donors (Lipinski definition) is 1. The maximum atomic E-state index is 13.6. The van der Waals surface area contributed by atoms with Gasteiger partial charge in [0.1, 0.15) is 10.7 Å². The number of non-ortho nitro benzene ring substituents is 1. The molecular formula is C12H8F2N2O4S. The van der Waals surface area contributed by atoms with Gasteiger partial charge >= 0.3 is 0 Å². The second kappa shape index (κ2) is 5.44. The van der Waals surface area contributed by atoms with Crippen molar-refractivity contribution in [2.45, 2.75) is 4.90 Å². The molecule has 0 aromatic heterocycles. The van der Waals surface area contributed by atoms with Crippen molar-refractivity contribution in [3.63, 3.8) is 0 Å². The Morgan fingerprint density at radius 1 is 1.05 bits per heavy atom. The summed E-state index contributed by atoms with van der Waals surface area (Å²) in [5, 5.41) is 10.5. The van der Waals surface area contributed by atoms with E-state index in [-0.39, 0.29) is 0 Å². The zero-order valence-electron chi connectivity index (χ0n) is 10.3. The Balaban J connectivity index is 2.38. The van der Waals surface area contributed by atoms with Gasteiger partial charge in [-0.2, -0.15) is 0 Å². The van der Waals surface area contributed by atoms with Gasteiger partial charge in [0, 0.05) is 6.07 Å². The fourth-order valence-electron chi connectivity index (χ4n) is 1.56. The molecule has 0 aliphatic carbocycles. The van der Waals surface area contributed by atoms with Crippen molar-refractivity contribution in [1.29, 1.82) is 0 Å². The highest BCUT2D eigenvalue weighted by molar-refractivity contribution is 7.92. The van der Waals surface area contributed by atoms with Crippen LogP contribution in [0.5, 0.6) is 0 Å². The van der Waals surface area contributed by atoms with Crippen LogP contribution in [-0.4, -0.2) is 13.3 Å². The predicted molar refractivity (Wildman–Crippen MR) is 70.3 cm³/mol. The van der Waals surface area contributed by atoms with E-state index in [1.165, 1.54) is 12.1 Å². The molecule has 0 saturated carbocycles. The molecule has 0 radical (unpaired) electrons. The fourth-order valence-corrected chi connectivity index (χ4v) is 2.71. The van der Waals surface area contributed by atoms with Crippen LogP contribution in [0.15, 0.2) is 47.4 Å². The van der Waals surface area contributed by atoms with Gasteiger partial charge in [0.05, 0.1) is 16.7 Å². The summed E-state index contributed by atoms with van der Waals surface area (Å²) in [5.41, 5.74) is -1.04. The maximum Gasteiger partial charge on any atom is 0.272 e. The van der Waals surface area contributed by atoms with Gasteiger partial charge in [0.25, 0.3) is 15.7 Å². The zero-order valence-corrected chi connectivity index (χ0v) is 11.1. The molecular weight excluding hydrogens is 306 g/mol. The first kappa shape index (κ1) is 14.9. The molecule has 0 amide bonds. The van der Waals surface area contributed by atoms with Crippen molar-refractivity contribution in [1.82, 2.24) is 0 Å².